The summed E-state index contributed by atoms with van der Waals surface area (Å²) in [6.07, 6.45) is 7.09. The van der Waals surface area contributed by atoms with Gasteiger partial charge in [-0.1, -0.05) is 56.7 Å². The van der Waals surface area contributed by atoms with Crippen LogP contribution in [0.5, 0.6) is 0 Å². The van der Waals surface area contributed by atoms with Crippen molar-refractivity contribution in [2.45, 2.75) is 51.5 Å². The van der Waals surface area contributed by atoms with Crippen LogP contribution in [0.15, 0.2) is 18.2 Å². The van der Waals surface area contributed by atoms with E-state index in [-0.39, 0.29) is 16.9 Å². The summed E-state index contributed by atoms with van der Waals surface area (Å²) >= 11 is 5.73. The average Bonchev–Trinajstić information content (AvgIpc) is 2.32. The van der Waals surface area contributed by atoms with Crippen molar-refractivity contribution < 1.29 is 4.39 Å². The van der Waals surface area contributed by atoms with Crippen molar-refractivity contribution in [1.82, 2.24) is 0 Å². The molecular formula is C14H21ClFN. The Kier molecular flexibility index (Phi) is 6.53. The van der Waals surface area contributed by atoms with Crippen LogP contribution in [0, 0.1) is 5.82 Å². The van der Waals surface area contributed by atoms with Crippen LogP contribution in [0.4, 0.5) is 4.39 Å². The molecule has 1 rings (SSSR count). The minimum atomic E-state index is -0.384. The molecule has 0 aromatic heterocycles. The first-order chi connectivity index (χ1) is 8.15. The van der Waals surface area contributed by atoms with Gasteiger partial charge in [-0.2, -0.15) is 0 Å². The van der Waals surface area contributed by atoms with Gasteiger partial charge in [0, 0.05) is 6.04 Å². The largest absolute Gasteiger partial charge is 0.324 e. The lowest BCUT2D eigenvalue weighted by Gasteiger charge is -2.12. The first-order valence-corrected chi connectivity index (χ1v) is 6.73. The summed E-state index contributed by atoms with van der Waals surface area (Å²) in [7, 11) is 0. The number of hydrogen-bond donors (Lipinski definition) is 1. The van der Waals surface area contributed by atoms with Crippen LogP contribution in [-0.4, -0.2) is 0 Å². The molecule has 0 heterocycles. The Labute approximate surface area is 108 Å². The zero-order valence-electron chi connectivity index (χ0n) is 10.4. The Morgan fingerprint density at radius 2 is 1.94 bits per heavy atom. The molecule has 0 aliphatic carbocycles. The summed E-state index contributed by atoms with van der Waals surface area (Å²) in [5.41, 5.74) is 6.97. The van der Waals surface area contributed by atoms with E-state index in [1.807, 2.05) is 0 Å². The van der Waals surface area contributed by atoms with Crippen LogP contribution >= 0.6 is 11.6 Å². The SMILES string of the molecule is CCCCCCCC(N)c1ccc(F)c(Cl)c1. The molecule has 1 aromatic carbocycles. The number of nitrogens with two attached hydrogens (primary N) is 1. The summed E-state index contributed by atoms with van der Waals surface area (Å²) < 4.78 is 13.0. The third kappa shape index (κ3) is 5.05. The molecule has 17 heavy (non-hydrogen) atoms. The lowest BCUT2D eigenvalue weighted by molar-refractivity contribution is 0.554. The molecule has 0 radical (unpaired) electrons. The van der Waals surface area contributed by atoms with Crippen molar-refractivity contribution in [1.29, 1.82) is 0 Å². The van der Waals surface area contributed by atoms with Crippen molar-refractivity contribution in [3.05, 3.63) is 34.6 Å². The number of rotatable bonds is 7. The van der Waals surface area contributed by atoms with Gasteiger partial charge < -0.3 is 5.73 Å². The molecule has 0 saturated carbocycles. The molecule has 1 unspecified atom stereocenters. The highest BCUT2D eigenvalue weighted by molar-refractivity contribution is 6.30. The van der Waals surface area contributed by atoms with Crippen LogP contribution in [0.3, 0.4) is 0 Å². The van der Waals surface area contributed by atoms with Gasteiger partial charge in [-0.3, -0.25) is 0 Å². The van der Waals surface area contributed by atoms with E-state index in [9.17, 15) is 4.39 Å². The molecule has 3 heteroatoms. The van der Waals surface area contributed by atoms with Crippen molar-refractivity contribution >= 4 is 11.6 Å². The summed E-state index contributed by atoms with van der Waals surface area (Å²) in [5, 5.41) is 0.156. The summed E-state index contributed by atoms with van der Waals surface area (Å²) in [4.78, 5) is 0. The van der Waals surface area contributed by atoms with Crippen molar-refractivity contribution in [2.75, 3.05) is 0 Å². The maximum absolute atomic E-state index is 13.0. The summed E-state index contributed by atoms with van der Waals surface area (Å²) in [6.45, 7) is 2.20. The topological polar surface area (TPSA) is 26.0 Å². The van der Waals surface area contributed by atoms with E-state index in [2.05, 4.69) is 6.92 Å². The third-order valence-corrected chi connectivity index (χ3v) is 3.28. The van der Waals surface area contributed by atoms with Gasteiger partial charge in [0.2, 0.25) is 0 Å². The van der Waals surface area contributed by atoms with Crippen molar-refractivity contribution in [3.8, 4) is 0 Å². The highest BCUT2D eigenvalue weighted by Crippen LogP contribution is 2.23. The quantitative estimate of drug-likeness (QED) is 0.695. The highest BCUT2D eigenvalue weighted by atomic mass is 35.5. The molecule has 0 bridgehead atoms. The zero-order valence-corrected chi connectivity index (χ0v) is 11.1. The number of halogens is 2. The Hall–Kier alpha value is -0.600. The molecule has 0 amide bonds. The first kappa shape index (κ1) is 14.5. The minimum absolute atomic E-state index is 0.0327. The van der Waals surface area contributed by atoms with Gasteiger partial charge in [-0.15, -0.1) is 0 Å². The predicted molar refractivity (Wildman–Crippen MR) is 71.7 cm³/mol. The molecule has 0 aliphatic heterocycles. The predicted octanol–water partition coefficient (Wildman–Crippen LogP) is 4.84. The molecule has 0 aliphatic rings. The maximum Gasteiger partial charge on any atom is 0.141 e. The Morgan fingerprint density at radius 1 is 1.24 bits per heavy atom. The first-order valence-electron chi connectivity index (χ1n) is 6.35. The maximum atomic E-state index is 13.0. The normalized spacial score (nSPS) is 12.7. The van der Waals surface area contributed by atoms with E-state index in [0.29, 0.717) is 0 Å². The van der Waals surface area contributed by atoms with Gasteiger partial charge in [0.05, 0.1) is 5.02 Å². The number of hydrogen-bond acceptors (Lipinski definition) is 1. The second-order valence-electron chi connectivity index (χ2n) is 4.48. The van der Waals surface area contributed by atoms with E-state index >= 15 is 0 Å². The number of benzene rings is 1. The lowest BCUT2D eigenvalue weighted by Crippen LogP contribution is -2.10. The molecular weight excluding hydrogens is 237 g/mol. The smallest absolute Gasteiger partial charge is 0.141 e. The van der Waals surface area contributed by atoms with Gasteiger partial charge in [-0.25, -0.2) is 4.39 Å². The molecule has 0 spiro atoms. The molecule has 96 valence electrons. The monoisotopic (exact) mass is 257 g/mol. The van der Waals surface area contributed by atoms with Gasteiger partial charge in [0.25, 0.3) is 0 Å². The Balaban J connectivity index is 2.36. The standard InChI is InChI=1S/C14H21ClFN/c1-2-3-4-5-6-7-14(17)11-8-9-13(16)12(15)10-11/h8-10,14H,2-7,17H2,1H3. The van der Waals surface area contributed by atoms with Crippen molar-refractivity contribution in [2.24, 2.45) is 5.73 Å². The van der Waals surface area contributed by atoms with Crippen LogP contribution < -0.4 is 5.73 Å². The van der Waals surface area contributed by atoms with Gasteiger partial charge >= 0.3 is 0 Å². The van der Waals surface area contributed by atoms with Crippen LogP contribution in [0.25, 0.3) is 0 Å². The number of unbranched alkanes of at least 4 members (excludes halogenated alkanes) is 4. The molecule has 0 saturated heterocycles. The lowest BCUT2D eigenvalue weighted by atomic mass is 10.0. The van der Waals surface area contributed by atoms with Gasteiger partial charge in [-0.05, 0) is 24.1 Å². The third-order valence-electron chi connectivity index (χ3n) is 2.99. The van der Waals surface area contributed by atoms with Crippen LogP contribution in [-0.2, 0) is 0 Å². The van der Waals surface area contributed by atoms with Gasteiger partial charge in [0.15, 0.2) is 0 Å². The summed E-state index contributed by atoms with van der Waals surface area (Å²) in [5.74, 6) is -0.384. The fourth-order valence-corrected chi connectivity index (χ4v) is 2.07. The highest BCUT2D eigenvalue weighted by Gasteiger charge is 2.08. The second kappa shape index (κ2) is 7.67. The van der Waals surface area contributed by atoms with Crippen molar-refractivity contribution in [3.63, 3.8) is 0 Å². The molecule has 1 atom stereocenters. The fourth-order valence-electron chi connectivity index (χ4n) is 1.88. The van der Waals surface area contributed by atoms with E-state index in [1.165, 1.54) is 31.7 Å². The average molecular weight is 258 g/mol. The van der Waals surface area contributed by atoms with Crippen LogP contribution in [0.2, 0.25) is 5.02 Å². The Morgan fingerprint density at radius 3 is 2.59 bits per heavy atom. The fraction of sp³-hybridized carbons (Fsp3) is 0.571. The van der Waals surface area contributed by atoms with Gasteiger partial charge in [0.1, 0.15) is 5.82 Å². The van der Waals surface area contributed by atoms with E-state index in [0.717, 1.165) is 18.4 Å². The van der Waals surface area contributed by atoms with Crippen LogP contribution in [0.1, 0.15) is 57.1 Å². The second-order valence-corrected chi connectivity index (χ2v) is 4.89. The molecule has 1 nitrogen and oxygen atoms in total. The van der Waals surface area contributed by atoms with E-state index in [4.69, 9.17) is 17.3 Å². The Bertz CT molecular complexity index is 341. The summed E-state index contributed by atoms with van der Waals surface area (Å²) in [6, 6.07) is 4.70. The molecule has 0 fully saturated rings. The molecule has 1 aromatic rings. The van der Waals surface area contributed by atoms with E-state index in [1.54, 1.807) is 12.1 Å². The zero-order chi connectivity index (χ0) is 12.7. The molecule has 2 N–H and O–H groups in total. The minimum Gasteiger partial charge on any atom is -0.324 e. The van der Waals surface area contributed by atoms with E-state index < -0.39 is 0 Å².